The zero-order chi connectivity index (χ0) is 16.9. The van der Waals surface area contributed by atoms with E-state index in [4.69, 9.17) is 0 Å². The number of thioether (sulfide) groups is 1. The fraction of sp³-hybridized carbons (Fsp3) is 0.474. The molecule has 0 atom stereocenters. The summed E-state index contributed by atoms with van der Waals surface area (Å²) in [6, 6.07) is 8.40. The molecule has 128 valence electrons. The number of para-hydroxylation sites is 2. The van der Waals surface area contributed by atoms with Crippen LogP contribution in [0.5, 0.6) is 0 Å². The predicted molar refractivity (Wildman–Crippen MR) is 100 cm³/mol. The molecule has 0 spiro atoms. The van der Waals surface area contributed by atoms with Gasteiger partial charge in [-0.15, -0.1) is 6.58 Å². The Bertz CT molecular complexity index is 716. The van der Waals surface area contributed by atoms with Gasteiger partial charge in [-0.25, -0.2) is 4.98 Å². The fourth-order valence-electron chi connectivity index (χ4n) is 3.27. The van der Waals surface area contributed by atoms with Crippen molar-refractivity contribution in [1.29, 1.82) is 0 Å². The molecule has 1 aromatic heterocycles. The van der Waals surface area contributed by atoms with Gasteiger partial charge in [0.05, 0.1) is 16.8 Å². The van der Waals surface area contributed by atoms with Crippen LogP contribution < -0.4 is 5.32 Å². The standard InChI is InChI=1S/C19H25N3OS/c1-3-12-22-17-7-5-4-6-16(17)21-19(22)24-13-18(23)20-15-10-8-14(2)9-11-15/h3-7,14-15H,1,8-13H2,2H3,(H,20,23). The van der Waals surface area contributed by atoms with Gasteiger partial charge in [0, 0.05) is 12.6 Å². The Labute approximate surface area is 147 Å². The van der Waals surface area contributed by atoms with E-state index in [9.17, 15) is 4.79 Å². The normalized spacial score (nSPS) is 20.9. The minimum atomic E-state index is 0.108. The zero-order valence-electron chi connectivity index (χ0n) is 14.2. The van der Waals surface area contributed by atoms with E-state index in [1.807, 2.05) is 24.3 Å². The highest BCUT2D eigenvalue weighted by atomic mass is 32.2. The van der Waals surface area contributed by atoms with E-state index in [0.717, 1.165) is 34.9 Å². The number of rotatable bonds is 6. The van der Waals surface area contributed by atoms with E-state index in [2.05, 4.69) is 34.4 Å². The van der Waals surface area contributed by atoms with Crippen LogP contribution in [-0.2, 0) is 11.3 Å². The summed E-state index contributed by atoms with van der Waals surface area (Å²) in [6.45, 7) is 6.81. The highest BCUT2D eigenvalue weighted by molar-refractivity contribution is 7.99. The van der Waals surface area contributed by atoms with E-state index < -0.39 is 0 Å². The lowest BCUT2D eigenvalue weighted by molar-refractivity contribution is -0.119. The third kappa shape index (κ3) is 4.01. The molecule has 24 heavy (non-hydrogen) atoms. The Morgan fingerprint density at radius 3 is 2.88 bits per heavy atom. The summed E-state index contributed by atoms with van der Waals surface area (Å²) in [5.41, 5.74) is 2.05. The number of imidazole rings is 1. The van der Waals surface area contributed by atoms with Crippen LogP contribution in [0.25, 0.3) is 11.0 Å². The van der Waals surface area contributed by atoms with Crippen molar-refractivity contribution in [3.8, 4) is 0 Å². The van der Waals surface area contributed by atoms with Crippen molar-refractivity contribution in [2.75, 3.05) is 5.75 Å². The summed E-state index contributed by atoms with van der Waals surface area (Å²) < 4.78 is 2.11. The summed E-state index contributed by atoms with van der Waals surface area (Å²) in [4.78, 5) is 16.9. The Morgan fingerprint density at radius 1 is 1.38 bits per heavy atom. The topological polar surface area (TPSA) is 46.9 Å². The first-order valence-electron chi connectivity index (χ1n) is 8.65. The first-order chi connectivity index (χ1) is 11.7. The largest absolute Gasteiger partial charge is 0.353 e. The van der Waals surface area contributed by atoms with Crippen molar-refractivity contribution in [3.05, 3.63) is 36.9 Å². The molecule has 4 nitrogen and oxygen atoms in total. The molecule has 1 N–H and O–H groups in total. The highest BCUT2D eigenvalue weighted by Crippen LogP contribution is 2.25. The molecule has 1 aliphatic carbocycles. The third-order valence-electron chi connectivity index (χ3n) is 4.64. The molecule has 1 aliphatic rings. The van der Waals surface area contributed by atoms with Gasteiger partial charge in [0.2, 0.25) is 5.91 Å². The molecule has 0 aliphatic heterocycles. The monoisotopic (exact) mass is 343 g/mol. The lowest BCUT2D eigenvalue weighted by atomic mass is 9.87. The van der Waals surface area contributed by atoms with Gasteiger partial charge in [0.15, 0.2) is 5.16 Å². The molecular weight excluding hydrogens is 318 g/mol. The minimum absolute atomic E-state index is 0.108. The number of hydrogen-bond acceptors (Lipinski definition) is 3. The van der Waals surface area contributed by atoms with E-state index in [1.165, 1.54) is 24.6 Å². The van der Waals surface area contributed by atoms with Crippen LogP contribution in [0.3, 0.4) is 0 Å². The molecular formula is C19H25N3OS. The van der Waals surface area contributed by atoms with Crippen LogP contribution in [0.1, 0.15) is 32.6 Å². The second-order valence-corrected chi connectivity index (χ2v) is 7.54. The minimum Gasteiger partial charge on any atom is -0.353 e. The molecule has 1 fully saturated rings. The van der Waals surface area contributed by atoms with Gasteiger partial charge in [0.25, 0.3) is 0 Å². The molecule has 1 saturated carbocycles. The highest BCUT2D eigenvalue weighted by Gasteiger charge is 2.20. The number of benzene rings is 1. The fourth-order valence-corrected chi connectivity index (χ4v) is 4.11. The number of carbonyl (C=O) groups excluding carboxylic acids is 1. The number of allylic oxidation sites excluding steroid dienone is 1. The van der Waals surface area contributed by atoms with Crippen molar-refractivity contribution in [3.63, 3.8) is 0 Å². The second kappa shape index (κ2) is 7.88. The molecule has 1 amide bonds. The van der Waals surface area contributed by atoms with Gasteiger partial charge in [-0.05, 0) is 43.7 Å². The molecule has 1 heterocycles. The number of nitrogens with zero attached hydrogens (tertiary/aromatic N) is 2. The van der Waals surface area contributed by atoms with Crippen molar-refractivity contribution < 1.29 is 4.79 Å². The maximum absolute atomic E-state index is 12.3. The van der Waals surface area contributed by atoms with Gasteiger partial charge in [0.1, 0.15) is 0 Å². The predicted octanol–water partition coefficient (Wildman–Crippen LogP) is 4.01. The second-order valence-electron chi connectivity index (χ2n) is 6.60. The lowest BCUT2D eigenvalue weighted by Gasteiger charge is -2.26. The van der Waals surface area contributed by atoms with Crippen LogP contribution in [0.4, 0.5) is 0 Å². The summed E-state index contributed by atoms with van der Waals surface area (Å²) in [6.07, 6.45) is 6.50. The average Bonchev–Trinajstić information content (AvgIpc) is 2.93. The van der Waals surface area contributed by atoms with Gasteiger partial charge >= 0.3 is 0 Å². The zero-order valence-corrected chi connectivity index (χ0v) is 15.0. The first kappa shape index (κ1) is 17.1. The van der Waals surface area contributed by atoms with Crippen LogP contribution in [-0.4, -0.2) is 27.3 Å². The summed E-state index contributed by atoms with van der Waals surface area (Å²) >= 11 is 1.50. The molecule has 0 radical (unpaired) electrons. The van der Waals surface area contributed by atoms with Gasteiger partial charge in [-0.1, -0.05) is 36.9 Å². The summed E-state index contributed by atoms with van der Waals surface area (Å²) in [5, 5.41) is 4.06. The smallest absolute Gasteiger partial charge is 0.230 e. The van der Waals surface area contributed by atoms with Gasteiger partial charge < -0.3 is 9.88 Å². The maximum atomic E-state index is 12.3. The molecule has 0 saturated heterocycles. The number of nitrogens with one attached hydrogen (secondary N) is 1. The molecule has 2 aromatic rings. The van der Waals surface area contributed by atoms with E-state index >= 15 is 0 Å². The van der Waals surface area contributed by atoms with Crippen LogP contribution >= 0.6 is 11.8 Å². The quantitative estimate of drug-likeness (QED) is 0.637. The summed E-state index contributed by atoms with van der Waals surface area (Å²) in [5.74, 6) is 1.31. The Morgan fingerprint density at radius 2 is 2.12 bits per heavy atom. The van der Waals surface area contributed by atoms with Gasteiger partial charge in [-0.3, -0.25) is 4.79 Å². The van der Waals surface area contributed by atoms with Crippen LogP contribution in [0.15, 0.2) is 42.1 Å². The Hall–Kier alpha value is -1.75. The molecule has 3 rings (SSSR count). The van der Waals surface area contributed by atoms with Crippen molar-refractivity contribution in [1.82, 2.24) is 14.9 Å². The molecule has 1 aromatic carbocycles. The number of fused-ring (bicyclic) bond motifs is 1. The SMILES string of the molecule is C=CCn1c(SCC(=O)NC2CCC(C)CC2)nc2ccccc21. The maximum Gasteiger partial charge on any atom is 0.230 e. The molecule has 0 unspecified atom stereocenters. The summed E-state index contributed by atoms with van der Waals surface area (Å²) in [7, 11) is 0. The lowest BCUT2D eigenvalue weighted by Crippen LogP contribution is -2.38. The van der Waals surface area contributed by atoms with Crippen LogP contribution in [0, 0.1) is 5.92 Å². The molecule has 0 bridgehead atoms. The first-order valence-corrected chi connectivity index (χ1v) is 9.64. The van der Waals surface area contributed by atoms with Crippen LogP contribution in [0.2, 0.25) is 0 Å². The van der Waals surface area contributed by atoms with Gasteiger partial charge in [-0.2, -0.15) is 0 Å². The Balaban J connectivity index is 1.61. The van der Waals surface area contributed by atoms with Crippen molar-refractivity contribution in [2.24, 2.45) is 5.92 Å². The molecule has 5 heteroatoms. The van der Waals surface area contributed by atoms with E-state index in [1.54, 1.807) is 0 Å². The number of hydrogen-bond donors (Lipinski definition) is 1. The van der Waals surface area contributed by atoms with E-state index in [-0.39, 0.29) is 5.91 Å². The van der Waals surface area contributed by atoms with Crippen molar-refractivity contribution in [2.45, 2.75) is 50.4 Å². The number of carbonyl (C=O) groups is 1. The number of aromatic nitrogens is 2. The number of amides is 1. The van der Waals surface area contributed by atoms with Crippen molar-refractivity contribution >= 4 is 28.7 Å². The third-order valence-corrected chi connectivity index (χ3v) is 5.62. The van der Waals surface area contributed by atoms with E-state index in [0.29, 0.717) is 18.3 Å². The Kier molecular flexibility index (Phi) is 5.61. The average molecular weight is 343 g/mol.